The van der Waals surface area contributed by atoms with E-state index in [1.54, 1.807) is 4.90 Å². The molecule has 1 N–H and O–H groups in total. The fraction of sp³-hybridized carbons (Fsp3) is 0.833. The number of piperidine rings is 1. The summed E-state index contributed by atoms with van der Waals surface area (Å²) in [7, 11) is 0. The Hall–Kier alpha value is -0.710. The first-order valence-electron chi connectivity index (χ1n) is 6.28. The minimum absolute atomic E-state index is 0.126. The van der Waals surface area contributed by atoms with E-state index in [0.717, 1.165) is 37.3 Å². The first kappa shape index (κ1) is 12.7. The Labute approximate surface area is 106 Å². The number of carboxylic acid groups (broad SMARTS) is 1. The zero-order valence-electron chi connectivity index (χ0n) is 9.93. The molecule has 0 aromatic heterocycles. The molecule has 5 heteroatoms. The molecule has 0 aliphatic carbocycles. The van der Waals surface area contributed by atoms with Crippen molar-refractivity contribution in [3.8, 4) is 0 Å². The Morgan fingerprint density at radius 2 is 1.94 bits per heavy atom. The van der Waals surface area contributed by atoms with Gasteiger partial charge in [0, 0.05) is 24.8 Å². The highest BCUT2D eigenvalue weighted by atomic mass is 32.2. The number of aliphatic carboxylic acids is 1. The summed E-state index contributed by atoms with van der Waals surface area (Å²) >= 11 is 1.84. The topological polar surface area (TPSA) is 57.6 Å². The van der Waals surface area contributed by atoms with Gasteiger partial charge in [0.1, 0.15) is 0 Å². The van der Waals surface area contributed by atoms with Gasteiger partial charge in [-0.05, 0) is 31.4 Å². The van der Waals surface area contributed by atoms with E-state index in [-0.39, 0.29) is 17.7 Å². The standard InChI is InChI=1S/C12H19NO3S/c14-11(10-4-2-6-17-8-10)13-5-1-3-9(7-13)12(15)16/h9-10H,1-8H2,(H,15,16). The second kappa shape index (κ2) is 5.76. The number of carboxylic acids is 1. The molecule has 96 valence electrons. The summed E-state index contributed by atoms with van der Waals surface area (Å²) in [5.41, 5.74) is 0. The van der Waals surface area contributed by atoms with Crippen molar-refractivity contribution >= 4 is 23.6 Å². The monoisotopic (exact) mass is 257 g/mol. The van der Waals surface area contributed by atoms with Crippen LogP contribution in [0.2, 0.25) is 0 Å². The van der Waals surface area contributed by atoms with Crippen LogP contribution in [0, 0.1) is 11.8 Å². The summed E-state index contributed by atoms with van der Waals surface area (Å²) in [5.74, 6) is 1.25. The predicted octanol–water partition coefficient (Wildman–Crippen LogP) is 1.45. The first-order valence-corrected chi connectivity index (χ1v) is 7.43. The zero-order valence-corrected chi connectivity index (χ0v) is 10.7. The molecular formula is C12H19NO3S. The summed E-state index contributed by atoms with van der Waals surface area (Å²) in [5, 5.41) is 9.01. The number of hydrogen-bond donors (Lipinski definition) is 1. The lowest BCUT2D eigenvalue weighted by atomic mass is 9.96. The molecule has 0 aromatic rings. The van der Waals surface area contributed by atoms with Gasteiger partial charge in [0.15, 0.2) is 0 Å². The van der Waals surface area contributed by atoms with Crippen LogP contribution < -0.4 is 0 Å². The lowest BCUT2D eigenvalue weighted by molar-refractivity contribution is -0.146. The van der Waals surface area contributed by atoms with Gasteiger partial charge in [-0.1, -0.05) is 0 Å². The average molecular weight is 257 g/mol. The lowest BCUT2D eigenvalue weighted by Crippen LogP contribution is -2.45. The van der Waals surface area contributed by atoms with Gasteiger partial charge >= 0.3 is 5.97 Å². The van der Waals surface area contributed by atoms with Gasteiger partial charge in [-0.25, -0.2) is 0 Å². The molecule has 0 radical (unpaired) electrons. The maximum absolute atomic E-state index is 12.2. The van der Waals surface area contributed by atoms with Gasteiger partial charge in [-0.15, -0.1) is 0 Å². The molecule has 17 heavy (non-hydrogen) atoms. The normalized spacial score (nSPS) is 30.0. The number of thioether (sulfide) groups is 1. The number of rotatable bonds is 2. The van der Waals surface area contributed by atoms with E-state index in [4.69, 9.17) is 5.11 Å². The summed E-state index contributed by atoms with van der Waals surface area (Å²) < 4.78 is 0. The zero-order chi connectivity index (χ0) is 12.3. The van der Waals surface area contributed by atoms with Gasteiger partial charge in [-0.3, -0.25) is 9.59 Å². The number of nitrogens with zero attached hydrogens (tertiary/aromatic N) is 1. The van der Waals surface area contributed by atoms with Crippen LogP contribution >= 0.6 is 11.8 Å². The van der Waals surface area contributed by atoms with Crippen LogP contribution in [0.4, 0.5) is 0 Å². The number of likely N-dealkylation sites (tertiary alicyclic amines) is 1. The molecule has 2 aliphatic rings. The molecule has 0 spiro atoms. The molecule has 0 saturated carbocycles. The van der Waals surface area contributed by atoms with Crippen LogP contribution in [0.25, 0.3) is 0 Å². The van der Waals surface area contributed by atoms with Crippen molar-refractivity contribution in [2.45, 2.75) is 25.7 Å². The number of hydrogen-bond acceptors (Lipinski definition) is 3. The highest BCUT2D eigenvalue weighted by Gasteiger charge is 2.32. The van der Waals surface area contributed by atoms with Gasteiger partial charge in [0.2, 0.25) is 5.91 Å². The first-order chi connectivity index (χ1) is 8.18. The van der Waals surface area contributed by atoms with Crippen molar-refractivity contribution in [3.63, 3.8) is 0 Å². The SMILES string of the molecule is O=C(O)C1CCCN(C(=O)C2CCCSC2)C1. The van der Waals surface area contributed by atoms with Crippen LogP contribution in [0.5, 0.6) is 0 Å². The van der Waals surface area contributed by atoms with E-state index in [1.807, 2.05) is 11.8 Å². The third-order valence-electron chi connectivity index (χ3n) is 3.59. The van der Waals surface area contributed by atoms with Crippen LogP contribution in [0.1, 0.15) is 25.7 Å². The molecule has 1 amide bonds. The summed E-state index contributed by atoms with van der Waals surface area (Å²) in [4.78, 5) is 25.0. The number of amides is 1. The largest absolute Gasteiger partial charge is 0.481 e. The third kappa shape index (κ3) is 3.15. The third-order valence-corrected chi connectivity index (χ3v) is 4.81. The second-order valence-electron chi connectivity index (χ2n) is 4.88. The molecule has 2 heterocycles. The molecule has 2 unspecified atom stereocenters. The highest BCUT2D eigenvalue weighted by Crippen LogP contribution is 2.26. The van der Waals surface area contributed by atoms with Crippen molar-refractivity contribution in [2.75, 3.05) is 24.6 Å². The fourth-order valence-corrected chi connectivity index (χ4v) is 3.70. The highest BCUT2D eigenvalue weighted by molar-refractivity contribution is 7.99. The molecule has 0 aromatic carbocycles. The van der Waals surface area contributed by atoms with Crippen molar-refractivity contribution in [2.24, 2.45) is 11.8 Å². The Morgan fingerprint density at radius 3 is 2.59 bits per heavy atom. The summed E-state index contributed by atoms with van der Waals surface area (Å²) in [6.07, 6.45) is 3.61. The van der Waals surface area contributed by atoms with Crippen molar-refractivity contribution < 1.29 is 14.7 Å². The van der Waals surface area contributed by atoms with E-state index < -0.39 is 5.97 Å². The quantitative estimate of drug-likeness (QED) is 0.813. The van der Waals surface area contributed by atoms with Crippen LogP contribution in [-0.2, 0) is 9.59 Å². The van der Waals surface area contributed by atoms with Gasteiger partial charge in [-0.2, -0.15) is 11.8 Å². The molecule has 2 aliphatic heterocycles. The van der Waals surface area contributed by atoms with Crippen LogP contribution in [-0.4, -0.2) is 46.5 Å². The van der Waals surface area contributed by atoms with E-state index in [1.165, 1.54) is 0 Å². The Morgan fingerprint density at radius 1 is 1.18 bits per heavy atom. The minimum atomic E-state index is -0.763. The fourth-order valence-electron chi connectivity index (χ4n) is 2.57. The van der Waals surface area contributed by atoms with Crippen molar-refractivity contribution in [3.05, 3.63) is 0 Å². The number of carbonyl (C=O) groups is 2. The smallest absolute Gasteiger partial charge is 0.308 e. The molecular weight excluding hydrogens is 238 g/mol. The average Bonchev–Trinajstić information content (AvgIpc) is 2.39. The molecule has 2 rings (SSSR count). The Balaban J connectivity index is 1.91. The van der Waals surface area contributed by atoms with Crippen molar-refractivity contribution in [1.29, 1.82) is 0 Å². The van der Waals surface area contributed by atoms with E-state index in [0.29, 0.717) is 13.0 Å². The molecule has 0 bridgehead atoms. The molecule has 2 saturated heterocycles. The molecule has 2 fully saturated rings. The molecule has 4 nitrogen and oxygen atoms in total. The van der Waals surface area contributed by atoms with E-state index in [9.17, 15) is 9.59 Å². The minimum Gasteiger partial charge on any atom is -0.481 e. The van der Waals surface area contributed by atoms with E-state index in [2.05, 4.69) is 0 Å². The maximum atomic E-state index is 12.2. The van der Waals surface area contributed by atoms with Gasteiger partial charge in [0.05, 0.1) is 5.92 Å². The summed E-state index contributed by atoms with van der Waals surface area (Å²) in [6.45, 7) is 1.15. The van der Waals surface area contributed by atoms with Crippen LogP contribution in [0.15, 0.2) is 0 Å². The van der Waals surface area contributed by atoms with Gasteiger partial charge < -0.3 is 10.0 Å². The van der Waals surface area contributed by atoms with E-state index >= 15 is 0 Å². The summed E-state index contributed by atoms with van der Waals surface area (Å²) in [6, 6.07) is 0. The molecule has 2 atom stereocenters. The maximum Gasteiger partial charge on any atom is 0.308 e. The van der Waals surface area contributed by atoms with Crippen LogP contribution in [0.3, 0.4) is 0 Å². The predicted molar refractivity (Wildman–Crippen MR) is 67.0 cm³/mol. The number of carbonyl (C=O) groups excluding carboxylic acids is 1. The van der Waals surface area contributed by atoms with Gasteiger partial charge in [0.25, 0.3) is 0 Å². The Kier molecular flexibility index (Phi) is 4.31. The Bertz CT molecular complexity index is 302. The lowest BCUT2D eigenvalue weighted by Gasteiger charge is -2.34. The van der Waals surface area contributed by atoms with Crippen molar-refractivity contribution in [1.82, 2.24) is 4.90 Å². The second-order valence-corrected chi connectivity index (χ2v) is 6.03.